The largest absolute Gasteiger partial charge is 0.462 e. The molecule has 1 amide bonds. The summed E-state index contributed by atoms with van der Waals surface area (Å²) in [4.78, 5) is 35.6. The van der Waals surface area contributed by atoms with Crippen LogP contribution in [0, 0.1) is 35.4 Å². The minimum atomic E-state index is -4.93. The van der Waals surface area contributed by atoms with Crippen LogP contribution in [0.1, 0.15) is 50.6 Å². The molecule has 53 heavy (non-hydrogen) atoms. The van der Waals surface area contributed by atoms with Crippen molar-refractivity contribution < 1.29 is 27.1 Å². The van der Waals surface area contributed by atoms with E-state index in [1.165, 1.54) is 19.3 Å². The number of rotatable bonds is 10. The van der Waals surface area contributed by atoms with Crippen LogP contribution in [0.25, 0.3) is 22.2 Å². The van der Waals surface area contributed by atoms with Gasteiger partial charge in [-0.2, -0.15) is 43.4 Å². The van der Waals surface area contributed by atoms with Crippen molar-refractivity contribution in [3.8, 4) is 29.4 Å². The number of ether oxygens (including phenoxy) is 1. The number of aromatic nitrogens is 6. The molecule has 0 bridgehead atoms. The Morgan fingerprint density at radius 1 is 1.23 bits per heavy atom. The topological polar surface area (TPSA) is 179 Å². The van der Waals surface area contributed by atoms with Crippen molar-refractivity contribution in [3.63, 3.8) is 0 Å². The Labute approximate surface area is 307 Å². The zero-order chi connectivity index (χ0) is 38.8. The summed E-state index contributed by atoms with van der Waals surface area (Å²) >= 11 is 6.60. The predicted molar refractivity (Wildman–Crippen MR) is 187 cm³/mol. The highest BCUT2D eigenvalue weighted by molar-refractivity contribution is 6.34. The highest BCUT2D eigenvalue weighted by Gasteiger charge is 2.40. The van der Waals surface area contributed by atoms with Gasteiger partial charge in [-0.25, -0.2) is 19.2 Å². The van der Waals surface area contributed by atoms with Crippen LogP contribution in [0.5, 0.6) is 6.01 Å². The maximum absolute atomic E-state index is 16.8. The molecule has 19 heteroatoms. The molecule has 0 saturated carbocycles. The van der Waals surface area contributed by atoms with Crippen molar-refractivity contribution in [1.29, 1.82) is 10.5 Å². The second kappa shape index (κ2) is 15.7. The number of likely N-dealkylation sites (N-methyl/N-ethyl adjacent to an activating group) is 1. The van der Waals surface area contributed by atoms with Gasteiger partial charge in [-0.15, -0.1) is 0 Å². The number of hydrogen-bond acceptors (Lipinski definition) is 12. The first-order chi connectivity index (χ1) is 25.1. The number of piperidine rings is 1. The highest BCUT2D eigenvalue weighted by Crippen LogP contribution is 2.45. The van der Waals surface area contributed by atoms with E-state index in [1.54, 1.807) is 9.80 Å². The average Bonchev–Trinajstić information content (AvgIpc) is 3.55. The molecular formula is C34H37ClF4N12O2. The van der Waals surface area contributed by atoms with Gasteiger partial charge in [0, 0.05) is 37.0 Å². The molecule has 5 rings (SSSR count). The Morgan fingerprint density at radius 3 is 2.60 bits per heavy atom. The summed E-state index contributed by atoms with van der Waals surface area (Å²) < 4.78 is 66.7. The van der Waals surface area contributed by atoms with Crippen LogP contribution in [0.3, 0.4) is 0 Å². The summed E-state index contributed by atoms with van der Waals surface area (Å²) in [6.45, 7) is 8.16. The highest BCUT2D eigenvalue weighted by atomic mass is 35.5. The molecule has 0 aliphatic carbocycles. The number of alkyl halides is 3. The Morgan fingerprint density at radius 2 is 1.96 bits per heavy atom. The van der Waals surface area contributed by atoms with Crippen molar-refractivity contribution in [1.82, 2.24) is 39.5 Å². The Kier molecular flexibility index (Phi) is 11.5. The van der Waals surface area contributed by atoms with Crippen molar-refractivity contribution in [2.45, 2.75) is 71.3 Å². The Hall–Kier alpha value is -5.33. The van der Waals surface area contributed by atoms with E-state index in [-0.39, 0.29) is 66.5 Å². The first-order valence-electron chi connectivity index (χ1n) is 16.7. The number of nitrogens with two attached hydrogens (primary N) is 1. The van der Waals surface area contributed by atoms with E-state index in [9.17, 15) is 28.5 Å². The number of aryl methyl sites for hydroxylation is 1. The quantitative estimate of drug-likeness (QED) is 0.198. The van der Waals surface area contributed by atoms with Gasteiger partial charge in [0.1, 0.15) is 36.1 Å². The maximum atomic E-state index is 16.8. The third-order valence-corrected chi connectivity index (χ3v) is 9.34. The standard InChI is InChI=1S/C34H37ClF4N12O2/c1-6-48(5)11-12-53-32-46-29-22(15-23(35)26(28(29)36)30-27(34(37,38)39)19(4)13-24(42)45-30)31(47-32)49-10-8-20(14-21(49)16-41)50(18(2)3)33(52)51-25(7-9-40)43-17-44-51/h13,15,17-18,20-21H,6-8,10-12,14H2,1-5H3,(H2,42,45). The number of benzene rings is 1. The summed E-state index contributed by atoms with van der Waals surface area (Å²) in [6.07, 6.45) is -3.43. The van der Waals surface area contributed by atoms with Crippen LogP contribution >= 0.6 is 11.6 Å². The third kappa shape index (κ3) is 7.89. The lowest BCUT2D eigenvalue weighted by atomic mass is 9.94. The molecule has 14 nitrogen and oxygen atoms in total. The van der Waals surface area contributed by atoms with Gasteiger partial charge in [-0.3, -0.25) is 0 Å². The number of carbonyl (C=O) groups is 1. The predicted octanol–water partition coefficient (Wildman–Crippen LogP) is 5.62. The van der Waals surface area contributed by atoms with Crippen molar-refractivity contribution >= 4 is 40.2 Å². The molecule has 1 saturated heterocycles. The molecular weight excluding hydrogens is 720 g/mol. The van der Waals surface area contributed by atoms with Gasteiger partial charge >= 0.3 is 18.2 Å². The van der Waals surface area contributed by atoms with Gasteiger partial charge in [-0.1, -0.05) is 18.5 Å². The van der Waals surface area contributed by atoms with E-state index in [1.807, 2.05) is 38.8 Å². The molecule has 1 aromatic carbocycles. The molecule has 2 N–H and O–H groups in total. The number of hydrogen-bond donors (Lipinski definition) is 1. The number of nitriles is 2. The van der Waals surface area contributed by atoms with Crippen LogP contribution in [-0.4, -0.2) is 97.0 Å². The van der Waals surface area contributed by atoms with Gasteiger partial charge in [-0.05, 0) is 58.5 Å². The molecule has 3 aromatic heterocycles. The molecule has 1 aliphatic heterocycles. The van der Waals surface area contributed by atoms with E-state index in [0.717, 1.165) is 10.7 Å². The smallest absolute Gasteiger partial charge is 0.418 e. The van der Waals surface area contributed by atoms with Crippen molar-refractivity contribution in [2.75, 3.05) is 43.9 Å². The minimum absolute atomic E-state index is 0.0164. The van der Waals surface area contributed by atoms with Gasteiger partial charge in [0.15, 0.2) is 11.6 Å². The van der Waals surface area contributed by atoms with Crippen LogP contribution in [0.15, 0.2) is 18.5 Å². The van der Waals surface area contributed by atoms with Crippen LogP contribution in [0.4, 0.5) is 34.0 Å². The SMILES string of the molecule is CCN(C)CCOc1nc(N2CCC(N(C(=O)n3ncnc3CC#N)C(C)C)CC2C#N)c2cc(Cl)c(-c3nc(N)cc(C)c3C(F)(F)F)c(F)c2n1. The zero-order valence-corrected chi connectivity index (χ0v) is 30.4. The van der Waals surface area contributed by atoms with Crippen LogP contribution < -0.4 is 15.4 Å². The molecule has 0 radical (unpaired) electrons. The molecule has 280 valence electrons. The van der Waals surface area contributed by atoms with E-state index < -0.39 is 57.5 Å². The van der Waals surface area contributed by atoms with Gasteiger partial charge in [0.25, 0.3) is 0 Å². The first-order valence-corrected chi connectivity index (χ1v) is 17.1. The van der Waals surface area contributed by atoms with Gasteiger partial charge < -0.3 is 25.2 Å². The maximum Gasteiger partial charge on any atom is 0.418 e. The average molecular weight is 757 g/mol. The number of fused-ring (bicyclic) bond motifs is 1. The van der Waals surface area contributed by atoms with E-state index >= 15 is 4.39 Å². The molecule has 1 aliphatic rings. The summed E-state index contributed by atoms with van der Waals surface area (Å²) in [6, 6.07) is 3.99. The Balaban J connectivity index is 1.62. The van der Waals surface area contributed by atoms with Crippen LogP contribution in [-0.2, 0) is 12.6 Å². The summed E-state index contributed by atoms with van der Waals surface area (Å²) in [5.41, 5.74) is 2.48. The van der Waals surface area contributed by atoms with Crippen molar-refractivity contribution in [3.05, 3.63) is 46.3 Å². The van der Waals surface area contributed by atoms with E-state index in [4.69, 9.17) is 22.1 Å². The fourth-order valence-electron chi connectivity index (χ4n) is 6.45. The molecule has 2 unspecified atom stereocenters. The molecule has 4 heterocycles. The zero-order valence-electron chi connectivity index (χ0n) is 29.6. The molecule has 4 aromatic rings. The lowest BCUT2D eigenvalue weighted by Gasteiger charge is -2.43. The lowest BCUT2D eigenvalue weighted by molar-refractivity contribution is -0.137. The molecule has 1 fully saturated rings. The lowest BCUT2D eigenvalue weighted by Crippen LogP contribution is -2.54. The number of pyridine rings is 1. The Bertz CT molecular complexity index is 2090. The van der Waals surface area contributed by atoms with Crippen molar-refractivity contribution in [2.24, 2.45) is 0 Å². The fourth-order valence-corrected chi connectivity index (χ4v) is 6.73. The minimum Gasteiger partial charge on any atom is -0.462 e. The second-order valence-corrected chi connectivity index (χ2v) is 13.2. The normalized spacial score (nSPS) is 16.2. The first kappa shape index (κ1) is 38.9. The van der Waals surface area contributed by atoms with Gasteiger partial charge in [0.2, 0.25) is 0 Å². The van der Waals surface area contributed by atoms with Crippen LogP contribution in [0.2, 0.25) is 5.02 Å². The van der Waals surface area contributed by atoms with E-state index in [2.05, 4.69) is 31.1 Å². The number of amides is 1. The second-order valence-electron chi connectivity index (χ2n) is 12.8. The van der Waals surface area contributed by atoms with Gasteiger partial charge in [0.05, 0.1) is 40.4 Å². The summed E-state index contributed by atoms with van der Waals surface area (Å²) in [5, 5.41) is 23.3. The fraction of sp³-hybridized carbons (Fsp3) is 0.471. The summed E-state index contributed by atoms with van der Waals surface area (Å²) in [7, 11) is 1.86. The number of halogens is 5. The number of carbonyl (C=O) groups excluding carboxylic acids is 1. The summed E-state index contributed by atoms with van der Waals surface area (Å²) in [5.74, 6) is -1.25. The third-order valence-electron chi connectivity index (χ3n) is 9.05. The molecule has 0 spiro atoms. The molecule has 2 atom stereocenters. The van der Waals surface area contributed by atoms with E-state index in [0.29, 0.717) is 19.5 Å². The number of nitrogen functional groups attached to an aromatic ring is 1. The monoisotopic (exact) mass is 756 g/mol. The number of anilines is 2. The number of nitrogens with zero attached hydrogens (tertiary/aromatic N) is 11.